The molecular formula is C15H26N4. The molecule has 0 spiro atoms. The molecule has 3 atom stereocenters. The largest absolute Gasteiger partial charge is 0.307 e. The van der Waals surface area contributed by atoms with Crippen LogP contribution in [0.3, 0.4) is 0 Å². The van der Waals surface area contributed by atoms with Crippen LogP contribution in [0.15, 0.2) is 6.20 Å². The summed E-state index contributed by atoms with van der Waals surface area (Å²) in [6.07, 6.45) is 7.56. The summed E-state index contributed by atoms with van der Waals surface area (Å²) in [4.78, 5) is 2.68. The van der Waals surface area contributed by atoms with Gasteiger partial charge in [0.25, 0.3) is 0 Å². The molecule has 19 heavy (non-hydrogen) atoms. The number of nitrogens with one attached hydrogen (secondary N) is 1. The van der Waals surface area contributed by atoms with Gasteiger partial charge in [-0.15, -0.1) is 0 Å². The summed E-state index contributed by atoms with van der Waals surface area (Å²) in [6.45, 7) is 6.98. The molecule has 0 aromatic carbocycles. The highest BCUT2D eigenvalue weighted by Crippen LogP contribution is 2.28. The van der Waals surface area contributed by atoms with Crippen LogP contribution in [0.2, 0.25) is 0 Å². The van der Waals surface area contributed by atoms with E-state index in [1.54, 1.807) is 0 Å². The molecule has 0 radical (unpaired) electrons. The highest BCUT2D eigenvalue weighted by molar-refractivity contribution is 5.19. The van der Waals surface area contributed by atoms with E-state index in [1.165, 1.54) is 44.3 Å². The second kappa shape index (κ2) is 5.25. The number of hydrogen-bond donors (Lipinski definition) is 1. The lowest BCUT2D eigenvalue weighted by Crippen LogP contribution is -2.46. The first kappa shape index (κ1) is 13.1. The van der Waals surface area contributed by atoms with Gasteiger partial charge in [0.1, 0.15) is 0 Å². The topological polar surface area (TPSA) is 33.1 Å². The summed E-state index contributed by atoms with van der Waals surface area (Å²) in [5.41, 5.74) is 2.50. The van der Waals surface area contributed by atoms with Crippen molar-refractivity contribution in [2.45, 2.75) is 57.7 Å². The highest BCUT2D eigenvalue weighted by Gasteiger charge is 2.32. The van der Waals surface area contributed by atoms with Crippen molar-refractivity contribution in [1.29, 1.82) is 0 Å². The van der Waals surface area contributed by atoms with E-state index in [9.17, 15) is 0 Å². The van der Waals surface area contributed by atoms with E-state index in [0.717, 1.165) is 11.7 Å². The van der Waals surface area contributed by atoms with Gasteiger partial charge in [-0.1, -0.05) is 0 Å². The maximum atomic E-state index is 4.45. The molecule has 0 aliphatic carbocycles. The van der Waals surface area contributed by atoms with E-state index < -0.39 is 0 Å². The molecule has 3 unspecified atom stereocenters. The third-order valence-electron chi connectivity index (χ3n) is 4.82. The van der Waals surface area contributed by atoms with Crippen LogP contribution in [0.1, 0.15) is 49.9 Å². The predicted molar refractivity (Wildman–Crippen MR) is 77.1 cm³/mol. The fourth-order valence-corrected chi connectivity index (χ4v) is 3.86. The molecule has 2 aliphatic heterocycles. The molecule has 106 valence electrons. The van der Waals surface area contributed by atoms with Gasteiger partial charge in [0.05, 0.1) is 5.69 Å². The molecular weight excluding hydrogens is 236 g/mol. The van der Waals surface area contributed by atoms with Gasteiger partial charge in [0.2, 0.25) is 0 Å². The van der Waals surface area contributed by atoms with Gasteiger partial charge >= 0.3 is 0 Å². The molecule has 1 N–H and O–H groups in total. The Bertz CT molecular complexity index is 439. The summed E-state index contributed by atoms with van der Waals surface area (Å²) in [6, 6.07) is 1.93. The van der Waals surface area contributed by atoms with Crippen molar-refractivity contribution < 1.29 is 0 Å². The molecule has 2 aliphatic rings. The Balaban J connectivity index is 1.60. The number of piperidine rings is 1. The normalized spacial score (nSPS) is 29.4. The molecule has 2 fully saturated rings. The minimum Gasteiger partial charge on any atom is -0.307 e. The minimum atomic E-state index is 0.409. The van der Waals surface area contributed by atoms with Gasteiger partial charge in [0.15, 0.2) is 0 Å². The fourth-order valence-electron chi connectivity index (χ4n) is 3.86. The Morgan fingerprint density at radius 1 is 1.37 bits per heavy atom. The highest BCUT2D eigenvalue weighted by atomic mass is 15.3. The van der Waals surface area contributed by atoms with E-state index in [4.69, 9.17) is 0 Å². The second-order valence-corrected chi connectivity index (χ2v) is 6.29. The summed E-state index contributed by atoms with van der Waals surface area (Å²) < 4.78 is 1.92. The zero-order valence-corrected chi connectivity index (χ0v) is 12.4. The van der Waals surface area contributed by atoms with Crippen molar-refractivity contribution in [2.75, 3.05) is 13.1 Å². The second-order valence-electron chi connectivity index (χ2n) is 6.29. The van der Waals surface area contributed by atoms with Gasteiger partial charge in [0, 0.05) is 36.9 Å². The third-order valence-corrected chi connectivity index (χ3v) is 4.82. The van der Waals surface area contributed by atoms with Crippen LogP contribution in [0.5, 0.6) is 0 Å². The maximum Gasteiger partial charge on any atom is 0.0641 e. The van der Waals surface area contributed by atoms with Crippen LogP contribution in [-0.4, -0.2) is 39.9 Å². The minimum absolute atomic E-state index is 0.409. The molecule has 1 aromatic heterocycles. The number of fused-ring (bicyclic) bond motifs is 1. The maximum absolute atomic E-state index is 4.45. The lowest BCUT2D eigenvalue weighted by atomic mass is 9.96. The molecule has 3 heterocycles. The number of hydrogen-bond acceptors (Lipinski definition) is 3. The van der Waals surface area contributed by atoms with Gasteiger partial charge in [-0.25, -0.2) is 0 Å². The first-order valence-corrected chi connectivity index (χ1v) is 7.63. The Morgan fingerprint density at radius 2 is 2.21 bits per heavy atom. The number of aromatic nitrogens is 2. The van der Waals surface area contributed by atoms with Crippen molar-refractivity contribution >= 4 is 0 Å². The first-order chi connectivity index (χ1) is 9.13. The van der Waals surface area contributed by atoms with Crippen molar-refractivity contribution in [1.82, 2.24) is 20.0 Å². The molecule has 0 bridgehead atoms. The van der Waals surface area contributed by atoms with E-state index in [-0.39, 0.29) is 0 Å². The Kier molecular flexibility index (Phi) is 3.63. The van der Waals surface area contributed by atoms with E-state index in [1.807, 2.05) is 11.7 Å². The Hall–Kier alpha value is -0.870. The molecule has 4 heteroatoms. The zero-order chi connectivity index (χ0) is 13.4. The fraction of sp³-hybridized carbons (Fsp3) is 0.800. The first-order valence-electron chi connectivity index (χ1n) is 7.63. The van der Waals surface area contributed by atoms with Crippen LogP contribution >= 0.6 is 0 Å². The van der Waals surface area contributed by atoms with Crippen LogP contribution in [-0.2, 0) is 7.05 Å². The third kappa shape index (κ3) is 2.70. The summed E-state index contributed by atoms with van der Waals surface area (Å²) >= 11 is 0. The standard InChI is InChI=1S/C15H26N4/c1-11(15-10-18(3)17-12(15)2)16-13-6-8-19-7-4-5-14(19)9-13/h10-11,13-14,16H,4-9H2,1-3H3. The van der Waals surface area contributed by atoms with Crippen molar-refractivity contribution in [3.8, 4) is 0 Å². The number of aryl methyl sites for hydroxylation is 2. The average molecular weight is 262 g/mol. The average Bonchev–Trinajstić information content (AvgIpc) is 2.94. The van der Waals surface area contributed by atoms with Gasteiger partial charge in [-0.3, -0.25) is 4.68 Å². The molecule has 0 saturated carbocycles. The smallest absolute Gasteiger partial charge is 0.0641 e. The van der Waals surface area contributed by atoms with E-state index in [0.29, 0.717) is 12.1 Å². The summed E-state index contributed by atoms with van der Waals surface area (Å²) in [7, 11) is 2.00. The van der Waals surface area contributed by atoms with Crippen LogP contribution in [0.4, 0.5) is 0 Å². The SMILES string of the molecule is Cc1nn(C)cc1C(C)NC1CCN2CCCC2C1. The lowest BCUT2D eigenvalue weighted by Gasteiger charge is -2.36. The zero-order valence-electron chi connectivity index (χ0n) is 12.4. The molecule has 1 aromatic rings. The molecule has 3 rings (SSSR count). The molecule has 2 saturated heterocycles. The van der Waals surface area contributed by atoms with Gasteiger partial charge in [-0.05, 0) is 52.6 Å². The van der Waals surface area contributed by atoms with Gasteiger partial charge < -0.3 is 10.2 Å². The van der Waals surface area contributed by atoms with Crippen molar-refractivity contribution in [2.24, 2.45) is 7.05 Å². The van der Waals surface area contributed by atoms with Gasteiger partial charge in [-0.2, -0.15) is 5.10 Å². The Morgan fingerprint density at radius 3 is 2.95 bits per heavy atom. The van der Waals surface area contributed by atoms with Crippen molar-refractivity contribution in [3.63, 3.8) is 0 Å². The van der Waals surface area contributed by atoms with Crippen LogP contribution in [0, 0.1) is 6.92 Å². The van der Waals surface area contributed by atoms with E-state index in [2.05, 4.69) is 35.4 Å². The van der Waals surface area contributed by atoms with Crippen molar-refractivity contribution in [3.05, 3.63) is 17.5 Å². The number of nitrogens with zero attached hydrogens (tertiary/aromatic N) is 3. The van der Waals surface area contributed by atoms with Crippen LogP contribution < -0.4 is 5.32 Å². The quantitative estimate of drug-likeness (QED) is 0.904. The predicted octanol–water partition coefficient (Wildman–Crippen LogP) is 2.01. The number of rotatable bonds is 3. The lowest BCUT2D eigenvalue weighted by molar-refractivity contribution is 0.162. The van der Waals surface area contributed by atoms with E-state index >= 15 is 0 Å². The molecule has 4 nitrogen and oxygen atoms in total. The summed E-state index contributed by atoms with van der Waals surface area (Å²) in [5, 5.41) is 8.27. The summed E-state index contributed by atoms with van der Waals surface area (Å²) in [5.74, 6) is 0. The van der Waals surface area contributed by atoms with Crippen LogP contribution in [0.25, 0.3) is 0 Å². The monoisotopic (exact) mass is 262 g/mol. The molecule has 0 amide bonds. The Labute approximate surface area is 116 Å².